The van der Waals surface area contributed by atoms with E-state index in [-0.39, 0.29) is 16.0 Å². The Morgan fingerprint density at radius 3 is 2.71 bits per heavy atom. The summed E-state index contributed by atoms with van der Waals surface area (Å²) in [5.74, 6) is 0. The molecular formula is C14H20Cl2N2O2S. The van der Waals surface area contributed by atoms with Gasteiger partial charge in [0.15, 0.2) is 0 Å². The number of rotatable bonds is 3. The molecule has 4 nitrogen and oxygen atoms in total. The van der Waals surface area contributed by atoms with E-state index >= 15 is 0 Å². The Bertz CT molecular complexity index is 598. The van der Waals surface area contributed by atoms with E-state index in [4.69, 9.17) is 23.2 Å². The van der Waals surface area contributed by atoms with Gasteiger partial charge in [-0.05, 0) is 50.4 Å². The maximum absolute atomic E-state index is 12.7. The first-order valence-corrected chi connectivity index (χ1v) is 9.25. The zero-order valence-electron chi connectivity index (χ0n) is 12.2. The van der Waals surface area contributed by atoms with Crippen molar-refractivity contribution in [3.05, 3.63) is 27.2 Å². The summed E-state index contributed by atoms with van der Waals surface area (Å²) >= 11 is 12.3. The highest BCUT2D eigenvalue weighted by Gasteiger charge is 2.27. The maximum Gasteiger partial charge on any atom is 0.242 e. The minimum Gasteiger partial charge on any atom is -0.315 e. The highest BCUT2D eigenvalue weighted by atomic mass is 35.5. The SMILES string of the molecule is Cc1cc(Cl)c(C)c(S(=O)(=O)NC2CCCCNC2)c1Cl. The van der Waals surface area contributed by atoms with Crippen molar-refractivity contribution < 1.29 is 8.42 Å². The van der Waals surface area contributed by atoms with Crippen LogP contribution in [0.3, 0.4) is 0 Å². The van der Waals surface area contributed by atoms with E-state index < -0.39 is 10.0 Å². The van der Waals surface area contributed by atoms with Crippen molar-refractivity contribution in [3.63, 3.8) is 0 Å². The second-order valence-electron chi connectivity index (χ2n) is 5.46. The van der Waals surface area contributed by atoms with Gasteiger partial charge in [-0.3, -0.25) is 0 Å². The first-order chi connectivity index (χ1) is 9.83. The van der Waals surface area contributed by atoms with Crippen LogP contribution in [-0.4, -0.2) is 27.5 Å². The molecule has 1 aliphatic rings. The number of benzene rings is 1. The third-order valence-corrected chi connectivity index (χ3v) is 6.41. The molecule has 1 aromatic rings. The lowest BCUT2D eigenvalue weighted by atomic mass is 10.2. The van der Waals surface area contributed by atoms with Crippen molar-refractivity contribution >= 4 is 33.2 Å². The van der Waals surface area contributed by atoms with Crippen molar-refractivity contribution in [2.24, 2.45) is 0 Å². The molecule has 118 valence electrons. The Balaban J connectivity index is 2.35. The first-order valence-electron chi connectivity index (χ1n) is 7.01. The number of hydrogen-bond acceptors (Lipinski definition) is 3. The molecule has 1 unspecified atom stereocenters. The standard InChI is InChI=1S/C14H20Cl2N2O2S/c1-9-7-12(15)10(2)14(13(9)16)21(19,20)18-11-5-3-4-6-17-8-11/h7,11,17-18H,3-6,8H2,1-2H3. The lowest BCUT2D eigenvalue weighted by Crippen LogP contribution is -2.41. The minimum absolute atomic E-state index is 0.0958. The van der Waals surface area contributed by atoms with Crippen LogP contribution in [0.5, 0.6) is 0 Å². The van der Waals surface area contributed by atoms with E-state index in [9.17, 15) is 8.42 Å². The van der Waals surface area contributed by atoms with Crippen molar-refractivity contribution in [2.75, 3.05) is 13.1 Å². The van der Waals surface area contributed by atoms with Gasteiger partial charge in [-0.2, -0.15) is 0 Å². The van der Waals surface area contributed by atoms with Gasteiger partial charge >= 0.3 is 0 Å². The fraction of sp³-hybridized carbons (Fsp3) is 0.571. The molecule has 0 spiro atoms. The number of sulfonamides is 1. The molecule has 21 heavy (non-hydrogen) atoms. The van der Waals surface area contributed by atoms with Crippen LogP contribution in [0.1, 0.15) is 30.4 Å². The number of aryl methyl sites for hydroxylation is 1. The molecule has 0 aliphatic carbocycles. The van der Waals surface area contributed by atoms with Crippen molar-refractivity contribution in [1.29, 1.82) is 0 Å². The molecule has 2 rings (SSSR count). The van der Waals surface area contributed by atoms with E-state index in [1.54, 1.807) is 19.9 Å². The number of nitrogens with one attached hydrogen (secondary N) is 2. The predicted molar refractivity (Wildman–Crippen MR) is 86.8 cm³/mol. The molecule has 0 amide bonds. The van der Waals surface area contributed by atoms with Crippen LogP contribution < -0.4 is 10.0 Å². The molecule has 0 radical (unpaired) electrons. The molecule has 1 heterocycles. The van der Waals surface area contributed by atoms with Gasteiger partial charge in [-0.1, -0.05) is 29.6 Å². The molecule has 0 bridgehead atoms. The third-order valence-electron chi connectivity index (χ3n) is 3.73. The molecule has 7 heteroatoms. The van der Waals surface area contributed by atoms with Crippen LogP contribution in [0.2, 0.25) is 10.0 Å². The molecule has 0 aromatic heterocycles. The van der Waals surface area contributed by atoms with Gasteiger partial charge in [0.05, 0.1) is 5.02 Å². The Labute approximate surface area is 136 Å². The Morgan fingerprint density at radius 2 is 2.00 bits per heavy atom. The van der Waals surface area contributed by atoms with Gasteiger partial charge in [0.1, 0.15) is 4.90 Å². The van der Waals surface area contributed by atoms with Crippen LogP contribution in [0.15, 0.2) is 11.0 Å². The summed E-state index contributed by atoms with van der Waals surface area (Å²) in [5, 5.41) is 3.89. The molecule has 1 atom stereocenters. The first kappa shape index (κ1) is 17.0. The zero-order valence-corrected chi connectivity index (χ0v) is 14.5. The summed E-state index contributed by atoms with van der Waals surface area (Å²) in [7, 11) is -3.69. The van der Waals surface area contributed by atoms with Crippen molar-refractivity contribution in [2.45, 2.75) is 44.0 Å². The molecule has 2 N–H and O–H groups in total. The molecule has 1 aliphatic heterocycles. The highest BCUT2D eigenvalue weighted by Crippen LogP contribution is 2.33. The van der Waals surface area contributed by atoms with Gasteiger partial charge in [-0.15, -0.1) is 0 Å². The fourth-order valence-corrected chi connectivity index (χ4v) is 5.01. The van der Waals surface area contributed by atoms with Gasteiger partial charge < -0.3 is 5.32 Å². The van der Waals surface area contributed by atoms with Crippen LogP contribution in [-0.2, 0) is 10.0 Å². The Morgan fingerprint density at radius 1 is 1.29 bits per heavy atom. The van der Waals surface area contributed by atoms with Crippen LogP contribution in [0, 0.1) is 13.8 Å². The van der Waals surface area contributed by atoms with Crippen LogP contribution in [0.25, 0.3) is 0 Å². The van der Waals surface area contributed by atoms with Gasteiger partial charge in [0.25, 0.3) is 0 Å². The molecular weight excluding hydrogens is 331 g/mol. The molecule has 0 saturated carbocycles. The third kappa shape index (κ3) is 3.90. The molecule has 1 fully saturated rings. The minimum atomic E-state index is -3.69. The summed E-state index contributed by atoms with van der Waals surface area (Å²) in [6.45, 7) is 4.98. The quantitative estimate of drug-likeness (QED) is 0.880. The summed E-state index contributed by atoms with van der Waals surface area (Å²) in [4.78, 5) is 0.0958. The second kappa shape index (κ2) is 6.84. The van der Waals surface area contributed by atoms with E-state index in [1.165, 1.54) is 0 Å². The average Bonchev–Trinajstić information content (AvgIpc) is 2.64. The summed E-state index contributed by atoms with van der Waals surface area (Å²) in [5.41, 5.74) is 1.15. The topological polar surface area (TPSA) is 58.2 Å². The van der Waals surface area contributed by atoms with Crippen molar-refractivity contribution in [1.82, 2.24) is 10.0 Å². The predicted octanol–water partition coefficient (Wildman–Crippen LogP) is 3.03. The summed E-state index contributed by atoms with van der Waals surface area (Å²) in [6.07, 6.45) is 2.89. The fourth-order valence-electron chi connectivity index (χ4n) is 2.53. The van der Waals surface area contributed by atoms with E-state index in [0.717, 1.165) is 25.8 Å². The van der Waals surface area contributed by atoms with Crippen LogP contribution in [0.4, 0.5) is 0 Å². The van der Waals surface area contributed by atoms with Crippen molar-refractivity contribution in [3.8, 4) is 0 Å². The number of hydrogen-bond donors (Lipinski definition) is 2. The smallest absolute Gasteiger partial charge is 0.242 e. The monoisotopic (exact) mass is 350 g/mol. The average molecular weight is 351 g/mol. The van der Waals surface area contributed by atoms with E-state index in [0.29, 0.717) is 22.7 Å². The van der Waals surface area contributed by atoms with E-state index in [1.807, 2.05) is 0 Å². The zero-order chi connectivity index (χ0) is 15.6. The van der Waals surface area contributed by atoms with E-state index in [2.05, 4.69) is 10.0 Å². The molecule has 1 saturated heterocycles. The summed E-state index contributed by atoms with van der Waals surface area (Å²) < 4.78 is 28.1. The maximum atomic E-state index is 12.7. The Hall–Kier alpha value is -0.330. The van der Waals surface area contributed by atoms with Gasteiger partial charge in [0, 0.05) is 17.6 Å². The summed E-state index contributed by atoms with van der Waals surface area (Å²) in [6, 6.07) is 1.57. The lowest BCUT2D eigenvalue weighted by molar-refractivity contribution is 0.521. The normalized spacial score (nSPS) is 20.3. The van der Waals surface area contributed by atoms with Crippen LogP contribution >= 0.6 is 23.2 Å². The lowest BCUT2D eigenvalue weighted by Gasteiger charge is -2.19. The van der Waals surface area contributed by atoms with Gasteiger partial charge in [0.2, 0.25) is 10.0 Å². The Kier molecular flexibility index (Phi) is 5.54. The highest BCUT2D eigenvalue weighted by molar-refractivity contribution is 7.89. The second-order valence-corrected chi connectivity index (χ2v) is 7.90. The number of halogens is 2. The van der Waals surface area contributed by atoms with Gasteiger partial charge in [-0.25, -0.2) is 13.1 Å². The largest absolute Gasteiger partial charge is 0.315 e. The molecule has 1 aromatic carbocycles.